The fourth-order valence-corrected chi connectivity index (χ4v) is 2.41. The minimum atomic E-state index is -2.62. The summed E-state index contributed by atoms with van der Waals surface area (Å²) in [5.41, 5.74) is 0.960. The first-order chi connectivity index (χ1) is 11.5. The van der Waals surface area contributed by atoms with Crippen LogP contribution in [0.15, 0.2) is 41.7 Å². The molecule has 0 amide bonds. The fraction of sp³-hybridized carbons (Fsp3) is 0.375. The largest absolute Gasteiger partial charge is 0.357 e. The van der Waals surface area contributed by atoms with Crippen LogP contribution in [0.4, 0.5) is 8.78 Å². The first kappa shape index (κ1) is 18.2. The van der Waals surface area contributed by atoms with Gasteiger partial charge in [0.2, 0.25) is 0 Å². The van der Waals surface area contributed by atoms with Gasteiger partial charge in [-0.2, -0.15) is 8.78 Å². The lowest BCUT2D eigenvalue weighted by molar-refractivity contribution is 0.0671. The van der Waals surface area contributed by atoms with E-state index in [1.807, 2.05) is 43.1 Å². The quantitative estimate of drug-likeness (QED) is 0.637. The summed E-state index contributed by atoms with van der Waals surface area (Å²) in [7, 11) is 1.87. The molecule has 1 N–H and O–H groups in total. The Balaban J connectivity index is 2.12. The SMILES string of the molecule is CCNC(=NCc1nccn1C(F)F)N(C)Cc1ccccc1Cl. The summed E-state index contributed by atoms with van der Waals surface area (Å²) in [6, 6.07) is 7.55. The summed E-state index contributed by atoms with van der Waals surface area (Å²) >= 11 is 6.18. The van der Waals surface area contributed by atoms with E-state index in [1.165, 1.54) is 12.4 Å². The Hall–Kier alpha value is -2.15. The van der Waals surface area contributed by atoms with Gasteiger partial charge < -0.3 is 10.2 Å². The van der Waals surface area contributed by atoms with Gasteiger partial charge in [-0.15, -0.1) is 0 Å². The maximum absolute atomic E-state index is 12.9. The van der Waals surface area contributed by atoms with E-state index < -0.39 is 6.55 Å². The zero-order chi connectivity index (χ0) is 17.5. The van der Waals surface area contributed by atoms with E-state index in [-0.39, 0.29) is 12.4 Å². The van der Waals surface area contributed by atoms with Crippen molar-refractivity contribution in [1.29, 1.82) is 0 Å². The molecule has 130 valence electrons. The van der Waals surface area contributed by atoms with Gasteiger partial charge in [-0.25, -0.2) is 9.98 Å². The van der Waals surface area contributed by atoms with Crippen LogP contribution >= 0.6 is 11.6 Å². The Kier molecular flexibility index (Phi) is 6.54. The number of hydrogen-bond donors (Lipinski definition) is 1. The summed E-state index contributed by atoms with van der Waals surface area (Å²) in [6.45, 7) is 0.594. The van der Waals surface area contributed by atoms with E-state index in [2.05, 4.69) is 15.3 Å². The summed E-state index contributed by atoms with van der Waals surface area (Å²) in [5, 5.41) is 3.82. The van der Waals surface area contributed by atoms with E-state index in [4.69, 9.17) is 11.6 Å². The van der Waals surface area contributed by atoms with E-state index in [0.29, 0.717) is 24.1 Å². The summed E-state index contributed by atoms with van der Waals surface area (Å²) in [5.74, 6) is 0.813. The van der Waals surface area contributed by atoms with Gasteiger partial charge >= 0.3 is 6.55 Å². The molecule has 1 aromatic carbocycles. The molecule has 0 unspecified atom stereocenters. The number of nitrogens with zero attached hydrogens (tertiary/aromatic N) is 4. The van der Waals surface area contributed by atoms with Gasteiger partial charge in [-0.1, -0.05) is 29.8 Å². The highest BCUT2D eigenvalue weighted by Gasteiger charge is 2.12. The first-order valence-electron chi connectivity index (χ1n) is 7.55. The van der Waals surface area contributed by atoms with E-state index in [9.17, 15) is 8.78 Å². The highest BCUT2D eigenvalue weighted by atomic mass is 35.5. The molecule has 2 rings (SSSR count). The van der Waals surface area contributed by atoms with Crippen molar-refractivity contribution in [2.75, 3.05) is 13.6 Å². The van der Waals surface area contributed by atoms with Gasteiger partial charge in [-0.05, 0) is 18.6 Å². The Morgan fingerprint density at radius 1 is 1.42 bits per heavy atom. The third-order valence-electron chi connectivity index (χ3n) is 3.39. The van der Waals surface area contributed by atoms with Crippen LogP contribution in [0.5, 0.6) is 0 Å². The Morgan fingerprint density at radius 2 is 2.17 bits per heavy atom. The lowest BCUT2D eigenvalue weighted by Crippen LogP contribution is -2.38. The normalized spacial score (nSPS) is 11.8. The predicted octanol–water partition coefficient (Wildman–Crippen LogP) is 3.53. The molecule has 0 aliphatic rings. The molecule has 24 heavy (non-hydrogen) atoms. The molecule has 0 radical (unpaired) electrons. The first-order valence-corrected chi connectivity index (χ1v) is 7.93. The number of hydrogen-bond acceptors (Lipinski definition) is 2. The Labute approximate surface area is 145 Å². The summed E-state index contributed by atoms with van der Waals surface area (Å²) < 4.78 is 26.5. The molecule has 0 saturated carbocycles. The second kappa shape index (κ2) is 8.63. The average molecular weight is 356 g/mol. The highest BCUT2D eigenvalue weighted by Crippen LogP contribution is 2.17. The van der Waals surface area contributed by atoms with E-state index in [0.717, 1.165) is 10.1 Å². The third-order valence-corrected chi connectivity index (χ3v) is 3.76. The zero-order valence-corrected chi connectivity index (χ0v) is 14.3. The van der Waals surface area contributed by atoms with Gasteiger partial charge in [-0.3, -0.25) is 4.57 Å². The molecule has 8 heteroatoms. The van der Waals surface area contributed by atoms with Crippen molar-refractivity contribution in [3.63, 3.8) is 0 Å². The van der Waals surface area contributed by atoms with Crippen LogP contribution in [0.2, 0.25) is 5.02 Å². The smallest absolute Gasteiger partial charge is 0.319 e. The summed E-state index contributed by atoms with van der Waals surface area (Å²) in [4.78, 5) is 10.2. The molecule has 1 heterocycles. The van der Waals surface area contributed by atoms with Crippen molar-refractivity contribution in [2.24, 2.45) is 4.99 Å². The van der Waals surface area contributed by atoms with Crippen molar-refractivity contribution < 1.29 is 8.78 Å². The molecule has 0 atom stereocenters. The van der Waals surface area contributed by atoms with Crippen LogP contribution in [0, 0.1) is 0 Å². The van der Waals surface area contributed by atoms with Crippen molar-refractivity contribution in [1.82, 2.24) is 19.8 Å². The monoisotopic (exact) mass is 355 g/mol. The maximum Gasteiger partial charge on any atom is 0.319 e. The maximum atomic E-state index is 12.9. The number of alkyl halides is 2. The fourth-order valence-electron chi connectivity index (χ4n) is 2.22. The number of nitrogens with one attached hydrogen (secondary N) is 1. The molecule has 1 aromatic heterocycles. The Bertz CT molecular complexity index is 687. The molecule has 0 fully saturated rings. The second-order valence-electron chi connectivity index (χ2n) is 5.15. The molecule has 0 saturated heterocycles. The lowest BCUT2D eigenvalue weighted by Gasteiger charge is -2.22. The van der Waals surface area contributed by atoms with Crippen LogP contribution in [0.1, 0.15) is 24.9 Å². The van der Waals surface area contributed by atoms with Crippen molar-refractivity contribution in [3.8, 4) is 0 Å². The zero-order valence-electron chi connectivity index (χ0n) is 13.6. The standard InChI is InChI=1S/C16H20ClF2N5/c1-3-20-16(22-10-14-21-8-9-24(14)15(18)19)23(2)11-12-6-4-5-7-13(12)17/h4-9,15H,3,10-11H2,1-2H3,(H,20,22). The summed E-state index contributed by atoms with van der Waals surface area (Å²) in [6.07, 6.45) is 2.59. The van der Waals surface area contributed by atoms with Crippen LogP contribution in [-0.2, 0) is 13.1 Å². The number of rotatable bonds is 6. The average Bonchev–Trinajstić information content (AvgIpc) is 3.02. The minimum absolute atomic E-state index is 0.0620. The van der Waals surface area contributed by atoms with Crippen molar-refractivity contribution >= 4 is 17.6 Å². The van der Waals surface area contributed by atoms with Gasteiger partial charge in [0, 0.05) is 37.6 Å². The molecule has 0 bridgehead atoms. The van der Waals surface area contributed by atoms with Crippen LogP contribution in [0.25, 0.3) is 0 Å². The molecule has 0 aliphatic heterocycles. The molecule has 0 spiro atoms. The van der Waals surface area contributed by atoms with Crippen LogP contribution in [-0.4, -0.2) is 34.0 Å². The Morgan fingerprint density at radius 3 is 2.83 bits per heavy atom. The number of imidazole rings is 1. The molecular weight excluding hydrogens is 336 g/mol. The van der Waals surface area contributed by atoms with Gasteiger partial charge in [0.05, 0.1) is 0 Å². The number of aromatic nitrogens is 2. The van der Waals surface area contributed by atoms with Crippen molar-refractivity contribution in [3.05, 3.63) is 53.1 Å². The number of halogens is 3. The topological polar surface area (TPSA) is 45.5 Å². The number of aliphatic imine (C=N–C) groups is 1. The van der Waals surface area contributed by atoms with Gasteiger partial charge in [0.1, 0.15) is 12.4 Å². The van der Waals surface area contributed by atoms with E-state index in [1.54, 1.807) is 0 Å². The molecular formula is C16H20ClF2N5. The third kappa shape index (κ3) is 4.67. The minimum Gasteiger partial charge on any atom is -0.357 e. The predicted molar refractivity (Wildman–Crippen MR) is 91.2 cm³/mol. The van der Waals surface area contributed by atoms with Crippen LogP contribution < -0.4 is 5.32 Å². The van der Waals surface area contributed by atoms with E-state index >= 15 is 0 Å². The molecule has 0 aliphatic carbocycles. The highest BCUT2D eigenvalue weighted by molar-refractivity contribution is 6.31. The number of guanidine groups is 1. The molecule has 5 nitrogen and oxygen atoms in total. The van der Waals surface area contributed by atoms with Gasteiger partial charge in [0.15, 0.2) is 5.96 Å². The van der Waals surface area contributed by atoms with Crippen LogP contribution in [0.3, 0.4) is 0 Å². The van der Waals surface area contributed by atoms with Crippen molar-refractivity contribution in [2.45, 2.75) is 26.6 Å². The number of benzene rings is 1. The second-order valence-corrected chi connectivity index (χ2v) is 5.55. The van der Waals surface area contributed by atoms with Gasteiger partial charge in [0.25, 0.3) is 0 Å². The lowest BCUT2D eigenvalue weighted by atomic mass is 10.2. The molecule has 2 aromatic rings.